The Labute approximate surface area is 121 Å². The van der Waals surface area contributed by atoms with Crippen LogP contribution in [-0.4, -0.2) is 23.1 Å². The number of aromatic nitrogens is 1. The number of hydrogen-bond acceptors (Lipinski definition) is 2. The summed E-state index contributed by atoms with van der Waals surface area (Å²) in [4.78, 5) is 12.0. The fourth-order valence-electron chi connectivity index (χ4n) is 2.75. The molecule has 4 heteroatoms. The minimum absolute atomic E-state index is 0.137. The maximum Gasteiger partial charge on any atom is 0.240 e. The average Bonchev–Trinajstić information content (AvgIpc) is 3.01. The molecule has 112 valence electrons. The summed E-state index contributed by atoms with van der Waals surface area (Å²) in [6.07, 6.45) is 6.76. The molecule has 20 heavy (non-hydrogen) atoms. The first-order valence-electron chi connectivity index (χ1n) is 7.79. The lowest BCUT2D eigenvalue weighted by Crippen LogP contribution is -2.35. The van der Waals surface area contributed by atoms with Gasteiger partial charge in [-0.1, -0.05) is 26.7 Å². The maximum absolute atomic E-state index is 12.0. The smallest absolute Gasteiger partial charge is 0.240 e. The van der Waals surface area contributed by atoms with Crippen molar-refractivity contribution in [3.63, 3.8) is 0 Å². The highest BCUT2D eigenvalue weighted by molar-refractivity contribution is 5.76. The van der Waals surface area contributed by atoms with E-state index in [2.05, 4.69) is 30.5 Å². The molecule has 0 unspecified atom stereocenters. The van der Waals surface area contributed by atoms with Gasteiger partial charge >= 0.3 is 0 Å². The second kappa shape index (κ2) is 7.48. The molecular formula is C16H27N3O. The molecule has 0 aromatic carbocycles. The molecule has 2 rings (SSSR count). The van der Waals surface area contributed by atoms with Crippen LogP contribution in [0.3, 0.4) is 0 Å². The Balaban J connectivity index is 1.79. The highest BCUT2D eigenvalue weighted by Crippen LogP contribution is 2.17. The first kappa shape index (κ1) is 15.1. The van der Waals surface area contributed by atoms with Crippen molar-refractivity contribution in [3.8, 4) is 0 Å². The first-order valence-corrected chi connectivity index (χ1v) is 7.79. The van der Waals surface area contributed by atoms with Crippen LogP contribution >= 0.6 is 0 Å². The van der Waals surface area contributed by atoms with Crippen LogP contribution in [0.15, 0.2) is 18.3 Å². The molecule has 0 spiro atoms. The van der Waals surface area contributed by atoms with Crippen molar-refractivity contribution in [3.05, 3.63) is 24.0 Å². The molecule has 1 aliphatic carbocycles. The molecule has 1 aromatic heterocycles. The predicted molar refractivity (Wildman–Crippen MR) is 81.4 cm³/mol. The number of amides is 1. The predicted octanol–water partition coefficient (Wildman–Crippen LogP) is 2.29. The van der Waals surface area contributed by atoms with Crippen LogP contribution in [-0.2, 0) is 17.9 Å². The van der Waals surface area contributed by atoms with Gasteiger partial charge in [0.15, 0.2) is 0 Å². The van der Waals surface area contributed by atoms with Crippen molar-refractivity contribution in [2.24, 2.45) is 5.92 Å². The van der Waals surface area contributed by atoms with Crippen molar-refractivity contribution in [1.82, 2.24) is 15.2 Å². The van der Waals surface area contributed by atoms with Crippen LogP contribution in [0.25, 0.3) is 0 Å². The molecule has 1 saturated carbocycles. The molecular weight excluding hydrogens is 250 g/mol. The number of nitrogens with zero attached hydrogens (tertiary/aromatic N) is 1. The molecule has 0 bridgehead atoms. The van der Waals surface area contributed by atoms with Crippen molar-refractivity contribution in [2.75, 3.05) is 6.54 Å². The zero-order valence-corrected chi connectivity index (χ0v) is 12.7. The van der Waals surface area contributed by atoms with E-state index >= 15 is 0 Å². The van der Waals surface area contributed by atoms with E-state index in [0.717, 1.165) is 25.9 Å². The van der Waals surface area contributed by atoms with Gasteiger partial charge in [0.1, 0.15) is 6.54 Å². The fourth-order valence-corrected chi connectivity index (χ4v) is 2.75. The van der Waals surface area contributed by atoms with E-state index in [1.807, 2.05) is 16.8 Å². The van der Waals surface area contributed by atoms with Crippen molar-refractivity contribution < 1.29 is 4.79 Å². The summed E-state index contributed by atoms with van der Waals surface area (Å²) in [5, 5.41) is 6.56. The largest absolute Gasteiger partial charge is 0.352 e. The van der Waals surface area contributed by atoms with Gasteiger partial charge in [-0.05, 0) is 37.4 Å². The Bertz CT molecular complexity index is 419. The molecule has 0 saturated heterocycles. The molecule has 4 nitrogen and oxygen atoms in total. The van der Waals surface area contributed by atoms with E-state index in [1.54, 1.807) is 0 Å². The van der Waals surface area contributed by atoms with Gasteiger partial charge in [0.2, 0.25) is 5.91 Å². The molecule has 0 aliphatic heterocycles. The fraction of sp³-hybridized carbons (Fsp3) is 0.688. The second-order valence-electron chi connectivity index (χ2n) is 6.20. The van der Waals surface area contributed by atoms with E-state index in [1.165, 1.54) is 18.5 Å². The Morgan fingerprint density at radius 3 is 2.85 bits per heavy atom. The normalized spacial score (nSPS) is 15.9. The molecule has 1 heterocycles. The zero-order chi connectivity index (χ0) is 14.4. The van der Waals surface area contributed by atoms with Crippen molar-refractivity contribution in [1.29, 1.82) is 0 Å². The van der Waals surface area contributed by atoms with Gasteiger partial charge in [-0.3, -0.25) is 4.79 Å². The second-order valence-corrected chi connectivity index (χ2v) is 6.20. The third-order valence-corrected chi connectivity index (χ3v) is 3.82. The molecule has 2 N–H and O–H groups in total. The Morgan fingerprint density at radius 2 is 2.15 bits per heavy atom. The van der Waals surface area contributed by atoms with Crippen molar-refractivity contribution in [2.45, 2.75) is 58.7 Å². The van der Waals surface area contributed by atoms with Crippen LogP contribution in [0.1, 0.15) is 45.2 Å². The first-order chi connectivity index (χ1) is 9.65. The highest BCUT2D eigenvalue weighted by Gasteiger charge is 2.17. The topological polar surface area (TPSA) is 46.1 Å². The molecule has 1 aliphatic rings. The Hall–Kier alpha value is -1.29. The van der Waals surface area contributed by atoms with Crippen LogP contribution in [0.2, 0.25) is 0 Å². The van der Waals surface area contributed by atoms with Crippen LogP contribution < -0.4 is 10.6 Å². The summed E-state index contributed by atoms with van der Waals surface area (Å²) in [5.41, 5.74) is 1.17. The lowest BCUT2D eigenvalue weighted by Gasteiger charge is -2.14. The average molecular weight is 277 g/mol. The van der Waals surface area contributed by atoms with Gasteiger partial charge in [-0.15, -0.1) is 0 Å². The van der Waals surface area contributed by atoms with Gasteiger partial charge in [0, 0.05) is 24.5 Å². The van der Waals surface area contributed by atoms with Gasteiger partial charge in [0.25, 0.3) is 0 Å². The minimum atomic E-state index is 0.137. The van der Waals surface area contributed by atoms with E-state index < -0.39 is 0 Å². The zero-order valence-electron chi connectivity index (χ0n) is 12.7. The van der Waals surface area contributed by atoms with E-state index in [0.29, 0.717) is 18.5 Å². The molecule has 1 fully saturated rings. The van der Waals surface area contributed by atoms with Crippen LogP contribution in [0.4, 0.5) is 0 Å². The molecule has 0 atom stereocenters. The Kier molecular flexibility index (Phi) is 5.65. The summed E-state index contributed by atoms with van der Waals surface area (Å²) in [6.45, 7) is 6.64. The minimum Gasteiger partial charge on any atom is -0.352 e. The quantitative estimate of drug-likeness (QED) is 0.803. The number of nitrogens with one attached hydrogen (secondary N) is 2. The number of rotatable bonds is 7. The standard InChI is InChI=1S/C16H27N3O/c1-13(2)10-17-11-15-8-5-9-19(15)12-16(20)18-14-6-3-4-7-14/h5,8-9,13-14,17H,3-4,6-7,10-12H2,1-2H3,(H,18,20). The van der Waals surface area contributed by atoms with E-state index in [-0.39, 0.29) is 5.91 Å². The summed E-state index contributed by atoms with van der Waals surface area (Å²) >= 11 is 0. The van der Waals surface area contributed by atoms with Gasteiger partial charge in [0.05, 0.1) is 0 Å². The summed E-state index contributed by atoms with van der Waals surface area (Å²) < 4.78 is 2.04. The highest BCUT2D eigenvalue weighted by atomic mass is 16.2. The molecule has 1 amide bonds. The number of carbonyl (C=O) groups is 1. The monoisotopic (exact) mass is 277 g/mol. The number of carbonyl (C=O) groups excluding carboxylic acids is 1. The number of hydrogen-bond donors (Lipinski definition) is 2. The van der Waals surface area contributed by atoms with E-state index in [9.17, 15) is 4.79 Å². The lowest BCUT2D eigenvalue weighted by molar-refractivity contribution is -0.122. The SMILES string of the molecule is CC(C)CNCc1cccn1CC(=O)NC1CCCC1. The van der Waals surface area contributed by atoms with Gasteiger partial charge in [-0.2, -0.15) is 0 Å². The third-order valence-electron chi connectivity index (χ3n) is 3.82. The maximum atomic E-state index is 12.0. The summed E-state index contributed by atoms with van der Waals surface area (Å²) in [7, 11) is 0. The van der Waals surface area contributed by atoms with Crippen LogP contribution in [0, 0.1) is 5.92 Å². The lowest BCUT2D eigenvalue weighted by atomic mass is 10.2. The third kappa shape index (κ3) is 4.67. The van der Waals surface area contributed by atoms with E-state index in [4.69, 9.17) is 0 Å². The van der Waals surface area contributed by atoms with Gasteiger partial charge in [-0.25, -0.2) is 0 Å². The van der Waals surface area contributed by atoms with Crippen molar-refractivity contribution >= 4 is 5.91 Å². The van der Waals surface area contributed by atoms with Gasteiger partial charge < -0.3 is 15.2 Å². The summed E-state index contributed by atoms with van der Waals surface area (Å²) in [5.74, 6) is 0.780. The molecule has 1 aromatic rings. The Morgan fingerprint density at radius 1 is 1.40 bits per heavy atom. The summed E-state index contributed by atoms with van der Waals surface area (Å²) in [6, 6.07) is 4.49. The van der Waals surface area contributed by atoms with Crippen LogP contribution in [0.5, 0.6) is 0 Å². The molecule has 0 radical (unpaired) electrons.